The van der Waals surface area contributed by atoms with Crippen molar-refractivity contribution in [2.24, 2.45) is 5.92 Å². The monoisotopic (exact) mass is 346 g/mol. The third-order valence-corrected chi connectivity index (χ3v) is 4.05. The first-order valence-electron chi connectivity index (χ1n) is 6.12. The van der Waals surface area contributed by atoms with Gasteiger partial charge >= 0.3 is 0 Å². The van der Waals surface area contributed by atoms with Crippen molar-refractivity contribution < 1.29 is 9.59 Å². The molecule has 1 rings (SSSR count). The van der Waals surface area contributed by atoms with Crippen LogP contribution in [0.5, 0.6) is 0 Å². The highest BCUT2D eigenvalue weighted by Crippen LogP contribution is 2.22. The number of rotatable bonds is 7. The fourth-order valence-electron chi connectivity index (χ4n) is 1.46. The Balaban J connectivity index is 2.36. The normalized spacial score (nSPS) is 11.1. The number of hydrogen-bond acceptors (Lipinski definition) is 4. The summed E-state index contributed by atoms with van der Waals surface area (Å²) in [5.41, 5.74) is 0. The van der Waals surface area contributed by atoms with Gasteiger partial charge in [0.1, 0.15) is 0 Å². The summed E-state index contributed by atoms with van der Waals surface area (Å²) in [6, 6.07) is 3.65. The lowest BCUT2D eigenvalue weighted by atomic mass is 10.2. The van der Waals surface area contributed by atoms with E-state index < -0.39 is 0 Å². The predicted molar refractivity (Wildman–Crippen MR) is 81.7 cm³/mol. The number of carbonyl (C=O) groups excluding carboxylic acids is 2. The van der Waals surface area contributed by atoms with Crippen molar-refractivity contribution in [1.82, 2.24) is 10.2 Å². The molecule has 0 spiro atoms. The Labute approximate surface area is 126 Å². The van der Waals surface area contributed by atoms with Gasteiger partial charge in [0.25, 0.3) is 0 Å². The third kappa shape index (κ3) is 6.31. The van der Waals surface area contributed by atoms with Gasteiger partial charge in [-0.15, -0.1) is 11.3 Å². The topological polar surface area (TPSA) is 49.4 Å². The van der Waals surface area contributed by atoms with Crippen molar-refractivity contribution in [3.63, 3.8) is 0 Å². The molecule has 0 unspecified atom stereocenters. The van der Waals surface area contributed by atoms with Crippen LogP contribution in [0.15, 0.2) is 15.9 Å². The van der Waals surface area contributed by atoms with Crippen molar-refractivity contribution >= 4 is 39.0 Å². The smallest absolute Gasteiger partial charge is 0.234 e. The van der Waals surface area contributed by atoms with E-state index in [9.17, 15) is 9.59 Å². The van der Waals surface area contributed by atoms with Gasteiger partial charge < -0.3 is 5.32 Å². The van der Waals surface area contributed by atoms with Crippen molar-refractivity contribution in [3.8, 4) is 0 Å². The molecule has 1 heterocycles. The Hall–Kier alpha value is -0.720. The molecule has 1 aromatic heterocycles. The van der Waals surface area contributed by atoms with Crippen molar-refractivity contribution in [1.29, 1.82) is 0 Å². The summed E-state index contributed by atoms with van der Waals surface area (Å²) in [5.74, 6) is 0.422. The molecule has 1 N–H and O–H groups in total. The van der Waals surface area contributed by atoms with Crippen LogP contribution in [0, 0.1) is 5.92 Å². The summed E-state index contributed by atoms with van der Waals surface area (Å²) in [5, 5.41) is 2.83. The minimum atomic E-state index is -0.0450. The summed E-state index contributed by atoms with van der Waals surface area (Å²) in [7, 11) is 1.77. The Morgan fingerprint density at radius 3 is 2.58 bits per heavy atom. The standard InChI is InChI=1S/C13H19BrN2O2S/c1-9(2)6-15-13(18)8-16(3)7-10(17)11-4-5-12(14)19-11/h4-5,9H,6-8H2,1-3H3,(H,15,18). The Kier molecular flexibility index (Phi) is 6.68. The molecule has 0 aliphatic rings. The lowest BCUT2D eigenvalue weighted by molar-refractivity contribution is -0.121. The van der Waals surface area contributed by atoms with E-state index in [4.69, 9.17) is 0 Å². The number of Topliss-reactive ketones (excluding diaryl/α,β-unsaturated/α-hetero) is 1. The van der Waals surface area contributed by atoms with Gasteiger partial charge in [-0.2, -0.15) is 0 Å². The van der Waals surface area contributed by atoms with Crippen LogP contribution >= 0.6 is 27.3 Å². The zero-order valence-corrected chi connectivity index (χ0v) is 13.8. The molecule has 1 aromatic rings. The quantitative estimate of drug-likeness (QED) is 0.771. The first kappa shape index (κ1) is 16.3. The van der Waals surface area contributed by atoms with Gasteiger partial charge in [0.15, 0.2) is 5.78 Å². The maximum Gasteiger partial charge on any atom is 0.234 e. The fraction of sp³-hybridized carbons (Fsp3) is 0.538. The second kappa shape index (κ2) is 7.77. The van der Waals surface area contributed by atoms with Crippen LogP contribution in [0.4, 0.5) is 0 Å². The molecule has 19 heavy (non-hydrogen) atoms. The van der Waals surface area contributed by atoms with E-state index in [1.807, 2.05) is 19.9 Å². The largest absolute Gasteiger partial charge is 0.355 e. The van der Waals surface area contributed by atoms with E-state index >= 15 is 0 Å². The van der Waals surface area contributed by atoms with Gasteiger partial charge in [-0.3, -0.25) is 14.5 Å². The SMILES string of the molecule is CC(C)CNC(=O)CN(C)CC(=O)c1ccc(Br)s1. The minimum absolute atomic E-state index is 0.0369. The molecule has 106 valence electrons. The van der Waals surface area contributed by atoms with Crippen molar-refractivity contribution in [2.45, 2.75) is 13.8 Å². The molecule has 0 saturated carbocycles. The molecule has 6 heteroatoms. The molecule has 0 aliphatic carbocycles. The average molecular weight is 347 g/mol. The summed E-state index contributed by atoms with van der Waals surface area (Å²) in [6.45, 7) is 5.25. The predicted octanol–water partition coefficient (Wildman–Crippen LogP) is 2.40. The number of likely N-dealkylation sites (N-methyl/N-ethyl adjacent to an activating group) is 1. The fourth-order valence-corrected chi connectivity index (χ4v) is 2.78. The Bertz CT molecular complexity index is 446. The number of carbonyl (C=O) groups is 2. The van der Waals surface area contributed by atoms with Crippen LogP contribution in [-0.2, 0) is 4.79 Å². The van der Waals surface area contributed by atoms with E-state index in [1.54, 1.807) is 18.0 Å². The number of ketones is 1. The number of nitrogens with one attached hydrogen (secondary N) is 1. The summed E-state index contributed by atoms with van der Waals surface area (Å²) in [4.78, 5) is 26.0. The zero-order valence-electron chi connectivity index (χ0n) is 11.4. The van der Waals surface area contributed by atoms with Gasteiger partial charge in [0, 0.05) is 6.54 Å². The van der Waals surface area contributed by atoms with E-state index in [2.05, 4.69) is 21.2 Å². The van der Waals surface area contributed by atoms with E-state index in [1.165, 1.54) is 11.3 Å². The van der Waals surface area contributed by atoms with Gasteiger partial charge in [0.2, 0.25) is 5.91 Å². The van der Waals surface area contributed by atoms with Gasteiger partial charge in [-0.05, 0) is 41.0 Å². The molecule has 1 amide bonds. The molecule has 4 nitrogen and oxygen atoms in total. The molecule has 0 saturated heterocycles. The summed E-state index contributed by atoms with van der Waals surface area (Å²) in [6.07, 6.45) is 0. The second-order valence-corrected chi connectivity index (χ2v) is 7.36. The first-order chi connectivity index (χ1) is 8.88. The van der Waals surface area contributed by atoms with Crippen LogP contribution in [0.2, 0.25) is 0 Å². The van der Waals surface area contributed by atoms with Crippen LogP contribution in [0.3, 0.4) is 0 Å². The average Bonchev–Trinajstić information content (AvgIpc) is 2.73. The lowest BCUT2D eigenvalue weighted by Crippen LogP contribution is -2.38. The molecular weight excluding hydrogens is 328 g/mol. The molecule has 0 radical (unpaired) electrons. The van der Waals surface area contributed by atoms with E-state index in [-0.39, 0.29) is 24.8 Å². The summed E-state index contributed by atoms with van der Waals surface area (Å²) < 4.78 is 0.938. The Morgan fingerprint density at radius 1 is 1.37 bits per heavy atom. The highest BCUT2D eigenvalue weighted by molar-refractivity contribution is 9.11. The van der Waals surface area contributed by atoms with Crippen molar-refractivity contribution in [3.05, 3.63) is 20.8 Å². The van der Waals surface area contributed by atoms with Gasteiger partial charge in [-0.1, -0.05) is 13.8 Å². The maximum atomic E-state index is 11.9. The highest BCUT2D eigenvalue weighted by atomic mass is 79.9. The highest BCUT2D eigenvalue weighted by Gasteiger charge is 2.13. The minimum Gasteiger partial charge on any atom is -0.355 e. The van der Waals surface area contributed by atoms with Gasteiger partial charge in [0.05, 0.1) is 21.8 Å². The van der Waals surface area contributed by atoms with Crippen LogP contribution in [0.1, 0.15) is 23.5 Å². The van der Waals surface area contributed by atoms with Gasteiger partial charge in [-0.25, -0.2) is 0 Å². The first-order valence-corrected chi connectivity index (χ1v) is 7.73. The molecule has 0 atom stereocenters. The molecular formula is C13H19BrN2O2S. The van der Waals surface area contributed by atoms with E-state index in [0.29, 0.717) is 17.3 Å². The Morgan fingerprint density at radius 2 is 2.05 bits per heavy atom. The molecule has 0 fully saturated rings. The number of amides is 1. The number of hydrogen-bond donors (Lipinski definition) is 1. The van der Waals surface area contributed by atoms with Crippen LogP contribution in [0.25, 0.3) is 0 Å². The zero-order chi connectivity index (χ0) is 14.4. The van der Waals surface area contributed by atoms with Crippen LogP contribution in [-0.4, -0.2) is 43.3 Å². The number of halogens is 1. The second-order valence-electron chi connectivity index (χ2n) is 4.90. The van der Waals surface area contributed by atoms with E-state index in [0.717, 1.165) is 3.79 Å². The van der Waals surface area contributed by atoms with Crippen LogP contribution < -0.4 is 5.32 Å². The number of thiophene rings is 1. The third-order valence-electron chi connectivity index (χ3n) is 2.38. The van der Waals surface area contributed by atoms with Crippen molar-refractivity contribution in [2.75, 3.05) is 26.7 Å². The molecule has 0 bridgehead atoms. The number of nitrogens with zero attached hydrogens (tertiary/aromatic N) is 1. The molecule has 0 aromatic carbocycles. The molecule has 0 aliphatic heterocycles. The maximum absolute atomic E-state index is 11.9. The summed E-state index contributed by atoms with van der Waals surface area (Å²) >= 11 is 4.74. The lowest BCUT2D eigenvalue weighted by Gasteiger charge is -2.15.